The molecular formula is C20H17FO2. The van der Waals surface area contributed by atoms with E-state index >= 15 is 0 Å². The van der Waals surface area contributed by atoms with Gasteiger partial charge in [-0.25, -0.2) is 4.39 Å². The largest absolute Gasteiger partial charge is 0.386 e. The number of aliphatic hydroxyl groups is 2. The van der Waals surface area contributed by atoms with Crippen LogP contribution in [0.15, 0.2) is 36.4 Å². The van der Waals surface area contributed by atoms with Crippen LogP contribution in [0.2, 0.25) is 0 Å². The molecule has 2 unspecified atom stereocenters. The summed E-state index contributed by atoms with van der Waals surface area (Å²) in [4.78, 5) is 0. The van der Waals surface area contributed by atoms with Crippen molar-refractivity contribution >= 4 is 27.6 Å². The second-order valence-corrected chi connectivity index (χ2v) is 6.20. The highest BCUT2D eigenvalue weighted by molar-refractivity contribution is 6.11. The van der Waals surface area contributed by atoms with Crippen molar-refractivity contribution in [3.63, 3.8) is 0 Å². The predicted molar refractivity (Wildman–Crippen MR) is 90.9 cm³/mol. The van der Waals surface area contributed by atoms with Gasteiger partial charge >= 0.3 is 0 Å². The van der Waals surface area contributed by atoms with Crippen LogP contribution >= 0.6 is 0 Å². The second-order valence-electron chi connectivity index (χ2n) is 6.20. The normalized spacial score (nSPS) is 20.2. The molecule has 0 aromatic heterocycles. The SMILES string of the molecule is Cc1c2c(c(C)c3c1ccc1cccc(F)c13)C=CC(O)C2O. The summed E-state index contributed by atoms with van der Waals surface area (Å²) in [5, 5.41) is 23.6. The van der Waals surface area contributed by atoms with Gasteiger partial charge in [0.25, 0.3) is 0 Å². The van der Waals surface area contributed by atoms with Gasteiger partial charge in [-0.15, -0.1) is 0 Å². The minimum Gasteiger partial charge on any atom is -0.386 e. The van der Waals surface area contributed by atoms with Crippen LogP contribution < -0.4 is 0 Å². The zero-order valence-corrected chi connectivity index (χ0v) is 13.0. The lowest BCUT2D eigenvalue weighted by atomic mass is 9.82. The Hall–Kier alpha value is -2.23. The maximum absolute atomic E-state index is 14.5. The van der Waals surface area contributed by atoms with Crippen LogP contribution in [0.1, 0.15) is 28.4 Å². The number of hydrogen-bond acceptors (Lipinski definition) is 2. The molecule has 0 spiro atoms. The molecule has 23 heavy (non-hydrogen) atoms. The molecule has 3 aromatic rings. The topological polar surface area (TPSA) is 40.5 Å². The molecule has 0 aliphatic heterocycles. The number of hydrogen-bond donors (Lipinski definition) is 2. The Morgan fingerprint density at radius 2 is 1.74 bits per heavy atom. The second kappa shape index (κ2) is 4.88. The van der Waals surface area contributed by atoms with Gasteiger partial charge in [0.15, 0.2) is 0 Å². The quantitative estimate of drug-likeness (QED) is 0.612. The minimum absolute atomic E-state index is 0.240. The van der Waals surface area contributed by atoms with E-state index in [2.05, 4.69) is 0 Å². The lowest BCUT2D eigenvalue weighted by molar-refractivity contribution is 0.0466. The fourth-order valence-corrected chi connectivity index (χ4v) is 3.79. The summed E-state index contributed by atoms with van der Waals surface area (Å²) in [6.45, 7) is 3.86. The fraction of sp³-hybridized carbons (Fsp3) is 0.200. The average molecular weight is 308 g/mol. The van der Waals surface area contributed by atoms with Crippen molar-refractivity contribution in [2.24, 2.45) is 0 Å². The van der Waals surface area contributed by atoms with Gasteiger partial charge in [-0.3, -0.25) is 0 Å². The van der Waals surface area contributed by atoms with Gasteiger partial charge in [0.05, 0.1) is 0 Å². The molecular weight excluding hydrogens is 291 g/mol. The highest BCUT2D eigenvalue weighted by atomic mass is 19.1. The van der Waals surface area contributed by atoms with Gasteiger partial charge in [-0.05, 0) is 58.3 Å². The Balaban J connectivity index is 2.26. The lowest BCUT2D eigenvalue weighted by Crippen LogP contribution is -2.21. The molecule has 0 radical (unpaired) electrons. The van der Waals surface area contributed by atoms with E-state index in [0.29, 0.717) is 5.39 Å². The number of rotatable bonds is 0. The first-order valence-electron chi connectivity index (χ1n) is 7.69. The van der Waals surface area contributed by atoms with Crippen molar-refractivity contribution in [2.75, 3.05) is 0 Å². The van der Waals surface area contributed by atoms with E-state index in [1.807, 2.05) is 38.1 Å². The number of aryl methyl sites for hydroxylation is 2. The Kier molecular flexibility index (Phi) is 3.05. The first kappa shape index (κ1) is 14.4. The Bertz CT molecular complexity index is 988. The van der Waals surface area contributed by atoms with Crippen molar-refractivity contribution < 1.29 is 14.6 Å². The summed E-state index contributed by atoms with van der Waals surface area (Å²) >= 11 is 0. The van der Waals surface area contributed by atoms with Gasteiger partial charge in [0, 0.05) is 5.39 Å². The minimum atomic E-state index is -0.950. The molecule has 0 bridgehead atoms. The summed E-state index contributed by atoms with van der Waals surface area (Å²) in [6.07, 6.45) is 1.56. The summed E-state index contributed by atoms with van der Waals surface area (Å²) < 4.78 is 14.5. The third kappa shape index (κ3) is 1.87. The highest BCUT2D eigenvalue weighted by Crippen LogP contribution is 2.41. The summed E-state index contributed by atoms with van der Waals surface area (Å²) in [7, 11) is 0. The third-order valence-electron chi connectivity index (χ3n) is 4.95. The molecule has 0 saturated carbocycles. The van der Waals surface area contributed by atoms with Crippen molar-refractivity contribution in [3.8, 4) is 0 Å². The number of aliphatic hydroxyl groups excluding tert-OH is 2. The molecule has 0 amide bonds. The first-order valence-corrected chi connectivity index (χ1v) is 7.69. The smallest absolute Gasteiger partial charge is 0.131 e. The molecule has 2 nitrogen and oxygen atoms in total. The molecule has 3 aromatic carbocycles. The van der Waals surface area contributed by atoms with Gasteiger partial charge < -0.3 is 10.2 Å². The number of halogens is 1. The van der Waals surface area contributed by atoms with E-state index in [-0.39, 0.29) is 5.82 Å². The molecule has 3 heteroatoms. The van der Waals surface area contributed by atoms with E-state index in [4.69, 9.17) is 0 Å². The molecule has 4 rings (SSSR count). The number of fused-ring (bicyclic) bond motifs is 4. The summed E-state index contributed by atoms with van der Waals surface area (Å²) in [5.41, 5.74) is 3.43. The zero-order valence-electron chi connectivity index (χ0n) is 13.0. The molecule has 2 atom stereocenters. The van der Waals surface area contributed by atoms with Crippen molar-refractivity contribution in [3.05, 3.63) is 64.5 Å². The van der Waals surface area contributed by atoms with Gasteiger partial charge in [0.2, 0.25) is 0 Å². The molecule has 1 aliphatic carbocycles. The van der Waals surface area contributed by atoms with Gasteiger partial charge in [-0.1, -0.05) is 36.4 Å². The molecule has 2 N–H and O–H groups in total. The molecule has 116 valence electrons. The Morgan fingerprint density at radius 3 is 2.52 bits per heavy atom. The summed E-state index contributed by atoms with van der Waals surface area (Å²) in [5.74, 6) is -0.240. The number of benzene rings is 3. The molecule has 0 heterocycles. The van der Waals surface area contributed by atoms with E-state index in [1.54, 1.807) is 12.1 Å². The van der Waals surface area contributed by atoms with E-state index in [1.165, 1.54) is 6.07 Å². The van der Waals surface area contributed by atoms with Gasteiger partial charge in [-0.2, -0.15) is 0 Å². The van der Waals surface area contributed by atoms with Crippen LogP contribution in [0.3, 0.4) is 0 Å². The van der Waals surface area contributed by atoms with Crippen LogP contribution in [0.5, 0.6) is 0 Å². The van der Waals surface area contributed by atoms with Crippen LogP contribution in [-0.2, 0) is 0 Å². The van der Waals surface area contributed by atoms with Crippen molar-refractivity contribution in [1.29, 1.82) is 0 Å². The Labute approximate surface area is 133 Å². The zero-order chi connectivity index (χ0) is 16.3. The molecule has 0 fully saturated rings. The van der Waals surface area contributed by atoms with E-state index in [0.717, 1.165) is 38.4 Å². The van der Waals surface area contributed by atoms with Crippen LogP contribution in [0.25, 0.3) is 27.6 Å². The van der Waals surface area contributed by atoms with Gasteiger partial charge in [0.1, 0.15) is 18.0 Å². The monoisotopic (exact) mass is 308 g/mol. The maximum Gasteiger partial charge on any atom is 0.131 e. The highest BCUT2D eigenvalue weighted by Gasteiger charge is 2.27. The van der Waals surface area contributed by atoms with Crippen molar-refractivity contribution in [1.82, 2.24) is 0 Å². The Morgan fingerprint density at radius 1 is 0.957 bits per heavy atom. The van der Waals surface area contributed by atoms with E-state index in [9.17, 15) is 14.6 Å². The van der Waals surface area contributed by atoms with E-state index < -0.39 is 12.2 Å². The lowest BCUT2D eigenvalue weighted by Gasteiger charge is -2.27. The van der Waals surface area contributed by atoms with Crippen LogP contribution in [0, 0.1) is 19.7 Å². The summed E-state index contributed by atoms with van der Waals surface area (Å²) in [6, 6.07) is 8.97. The first-order chi connectivity index (χ1) is 11.0. The predicted octanol–water partition coefficient (Wildman–Crippen LogP) is 4.17. The van der Waals surface area contributed by atoms with Crippen molar-refractivity contribution in [2.45, 2.75) is 26.1 Å². The average Bonchev–Trinajstić information content (AvgIpc) is 2.54. The molecule has 0 saturated heterocycles. The van der Waals surface area contributed by atoms with Crippen LogP contribution in [-0.4, -0.2) is 16.3 Å². The standard InChI is InChI=1S/C20H17FO2/c1-10-14-8-9-16(22)20(23)18(14)11(2)13-7-6-12-4-3-5-15(21)19(12)17(10)13/h3-9,16,20,22-23H,1-2H3. The fourth-order valence-electron chi connectivity index (χ4n) is 3.79. The maximum atomic E-state index is 14.5. The molecule has 1 aliphatic rings. The third-order valence-corrected chi connectivity index (χ3v) is 4.95. The van der Waals surface area contributed by atoms with Crippen LogP contribution in [0.4, 0.5) is 4.39 Å².